The second-order valence-corrected chi connectivity index (χ2v) is 10.2. The van der Waals surface area contributed by atoms with Gasteiger partial charge in [-0.15, -0.1) is 0 Å². The Morgan fingerprint density at radius 1 is 1.05 bits per heavy atom. The van der Waals surface area contributed by atoms with Crippen LogP contribution in [0.2, 0.25) is 0 Å². The molecule has 0 fully saturated rings. The average Bonchev–Trinajstić information content (AvgIpc) is 2.98. The minimum Gasteiger partial charge on any atom is -0.493 e. The molecule has 218 valence electrons. The van der Waals surface area contributed by atoms with E-state index in [1.54, 1.807) is 18.2 Å². The summed E-state index contributed by atoms with van der Waals surface area (Å²) in [7, 11) is 3.06. The van der Waals surface area contributed by atoms with Crippen molar-refractivity contribution in [2.75, 3.05) is 26.1 Å². The zero-order valence-electron chi connectivity index (χ0n) is 23.7. The highest BCUT2D eigenvalue weighted by Crippen LogP contribution is 2.35. The van der Waals surface area contributed by atoms with Crippen LogP contribution in [0.3, 0.4) is 0 Å². The van der Waals surface area contributed by atoms with E-state index < -0.39 is 17.5 Å². The number of hydrogen-bond donors (Lipinski definition) is 2. The molecule has 4 aromatic rings. The van der Waals surface area contributed by atoms with Gasteiger partial charge >= 0.3 is 0 Å². The molecule has 1 amide bonds. The molecule has 2 N–H and O–H groups in total. The van der Waals surface area contributed by atoms with E-state index in [-0.39, 0.29) is 35.6 Å². The molecule has 0 radical (unpaired) electrons. The number of fused-ring (bicyclic) bond motifs is 2. The number of rotatable bonds is 9. The van der Waals surface area contributed by atoms with Crippen molar-refractivity contribution in [2.45, 2.75) is 39.2 Å². The van der Waals surface area contributed by atoms with Gasteiger partial charge in [-0.2, -0.15) is 0 Å². The Labute approximate surface area is 241 Å². The maximum absolute atomic E-state index is 13.5. The maximum atomic E-state index is 13.5. The lowest BCUT2D eigenvalue weighted by Gasteiger charge is -2.28. The van der Waals surface area contributed by atoms with E-state index in [2.05, 4.69) is 20.3 Å². The van der Waals surface area contributed by atoms with Crippen LogP contribution in [0, 0.1) is 5.92 Å². The van der Waals surface area contributed by atoms with Crippen LogP contribution in [0.5, 0.6) is 23.1 Å². The number of pyridine rings is 2. The monoisotopic (exact) mass is 573 g/mol. The number of nitrogens with zero attached hydrogens (tertiary/aromatic N) is 4. The molecule has 1 atom stereocenters. The van der Waals surface area contributed by atoms with E-state index in [0.29, 0.717) is 58.7 Å². The number of aromatic nitrogens is 4. The summed E-state index contributed by atoms with van der Waals surface area (Å²) in [6.07, 6.45) is 4.23. The van der Waals surface area contributed by atoms with Gasteiger partial charge in [0.1, 0.15) is 23.5 Å². The van der Waals surface area contributed by atoms with Gasteiger partial charge < -0.3 is 29.2 Å². The first-order valence-corrected chi connectivity index (χ1v) is 13.5. The van der Waals surface area contributed by atoms with E-state index in [1.165, 1.54) is 43.4 Å². The van der Waals surface area contributed by atoms with E-state index in [4.69, 9.17) is 14.2 Å². The van der Waals surface area contributed by atoms with Gasteiger partial charge in [0.15, 0.2) is 17.3 Å². The summed E-state index contributed by atoms with van der Waals surface area (Å²) in [4.78, 5) is 52.3. The van der Waals surface area contributed by atoms with E-state index >= 15 is 0 Å². The molecule has 0 spiro atoms. The molecule has 0 aliphatic heterocycles. The summed E-state index contributed by atoms with van der Waals surface area (Å²) in [6, 6.07) is 7.33. The second kappa shape index (κ2) is 12.0. The van der Waals surface area contributed by atoms with Gasteiger partial charge in [0, 0.05) is 23.7 Å². The second-order valence-electron chi connectivity index (χ2n) is 10.2. The standard InChI is InChI=1S/C30H31N5O7/c1-16(2)23(14-36)35-22-6-5-7-24(37)19(22)10-20(30(35)39)28(38)34-27-9-8-17(13-31-27)42-29-18-11-25(40-3)26(41-4)12-21(18)32-15-33-29/h8-13,15-16,23,36H,5-7,14H2,1-4H3,(H,31,34,38)/t23-/m0/s1. The number of ketones is 1. The SMILES string of the molecule is COc1cc2ncnc(Oc3ccc(NC(=O)c4cc5c(n([C@@H](CO)C(C)C)c4=O)CCCC5=O)nc3)c2cc1OC. The van der Waals surface area contributed by atoms with Crippen molar-refractivity contribution in [3.05, 3.63) is 70.0 Å². The fraction of sp³-hybridized carbons (Fsp3) is 0.333. The van der Waals surface area contributed by atoms with E-state index in [1.807, 2.05) is 13.8 Å². The highest BCUT2D eigenvalue weighted by Gasteiger charge is 2.29. The minimum atomic E-state index is -0.709. The summed E-state index contributed by atoms with van der Waals surface area (Å²) in [6.45, 7) is 3.46. The predicted octanol–water partition coefficient (Wildman–Crippen LogP) is 3.96. The number of aliphatic hydroxyl groups excluding tert-OH is 1. The number of amides is 1. The minimum absolute atomic E-state index is 0.100. The van der Waals surface area contributed by atoms with Crippen LogP contribution in [0.25, 0.3) is 10.9 Å². The summed E-state index contributed by atoms with van der Waals surface area (Å²) in [5.74, 6) is 0.840. The molecule has 1 aliphatic rings. The third-order valence-corrected chi connectivity index (χ3v) is 7.29. The Kier molecular flexibility index (Phi) is 8.16. The van der Waals surface area contributed by atoms with Crippen LogP contribution in [0.1, 0.15) is 59.1 Å². The molecule has 12 nitrogen and oxygen atoms in total. The van der Waals surface area contributed by atoms with Gasteiger partial charge in [0.2, 0.25) is 5.88 Å². The molecule has 3 aromatic heterocycles. The zero-order chi connectivity index (χ0) is 30.0. The van der Waals surface area contributed by atoms with E-state index in [0.717, 1.165) is 0 Å². The molecule has 5 rings (SSSR count). The highest BCUT2D eigenvalue weighted by atomic mass is 16.5. The number of benzene rings is 1. The quantitative estimate of drug-likeness (QED) is 0.301. The van der Waals surface area contributed by atoms with Gasteiger partial charge in [-0.3, -0.25) is 14.4 Å². The van der Waals surface area contributed by atoms with Gasteiger partial charge in [0.05, 0.1) is 44.0 Å². The fourth-order valence-electron chi connectivity index (χ4n) is 5.07. The van der Waals surface area contributed by atoms with Crippen LogP contribution in [-0.4, -0.2) is 57.1 Å². The Hall–Kier alpha value is -4.84. The number of nitrogens with one attached hydrogen (secondary N) is 1. The Balaban J connectivity index is 1.41. The summed E-state index contributed by atoms with van der Waals surface area (Å²) in [5.41, 5.74) is 0.740. The number of carbonyl (C=O) groups excluding carboxylic acids is 2. The lowest BCUT2D eigenvalue weighted by atomic mass is 9.91. The summed E-state index contributed by atoms with van der Waals surface area (Å²) in [5, 5.41) is 13.3. The maximum Gasteiger partial charge on any atom is 0.264 e. The Morgan fingerprint density at radius 3 is 2.48 bits per heavy atom. The molecular weight excluding hydrogens is 542 g/mol. The van der Waals surface area contributed by atoms with Crippen molar-refractivity contribution in [1.82, 2.24) is 19.5 Å². The van der Waals surface area contributed by atoms with Crippen molar-refractivity contribution in [3.63, 3.8) is 0 Å². The van der Waals surface area contributed by atoms with Crippen LogP contribution in [0.15, 0.2) is 47.7 Å². The molecule has 0 saturated heterocycles. The molecule has 12 heteroatoms. The van der Waals surface area contributed by atoms with Crippen molar-refractivity contribution in [2.24, 2.45) is 5.92 Å². The van der Waals surface area contributed by atoms with Crippen molar-refractivity contribution < 1.29 is 28.9 Å². The first-order chi connectivity index (χ1) is 20.2. The number of hydrogen-bond acceptors (Lipinski definition) is 10. The lowest BCUT2D eigenvalue weighted by Crippen LogP contribution is -2.39. The highest BCUT2D eigenvalue weighted by molar-refractivity contribution is 6.06. The third kappa shape index (κ3) is 5.40. The first-order valence-electron chi connectivity index (χ1n) is 13.5. The van der Waals surface area contributed by atoms with Crippen molar-refractivity contribution in [3.8, 4) is 23.1 Å². The van der Waals surface area contributed by atoms with Gasteiger partial charge in [-0.25, -0.2) is 15.0 Å². The topological polar surface area (TPSA) is 155 Å². The normalized spacial score (nSPS) is 13.5. The smallest absolute Gasteiger partial charge is 0.264 e. The molecule has 42 heavy (non-hydrogen) atoms. The molecule has 1 aliphatic carbocycles. The van der Waals surface area contributed by atoms with Crippen molar-refractivity contribution in [1.29, 1.82) is 0 Å². The summed E-state index contributed by atoms with van der Waals surface area (Å²) >= 11 is 0. The Morgan fingerprint density at radius 2 is 1.81 bits per heavy atom. The van der Waals surface area contributed by atoms with Gasteiger partial charge in [-0.05, 0) is 43.0 Å². The predicted molar refractivity (Wildman–Crippen MR) is 154 cm³/mol. The lowest BCUT2D eigenvalue weighted by molar-refractivity contribution is 0.0967. The van der Waals surface area contributed by atoms with Crippen LogP contribution < -0.4 is 25.1 Å². The molecular formula is C30H31N5O7. The fourth-order valence-corrected chi connectivity index (χ4v) is 5.07. The van der Waals surface area contributed by atoms with Crippen LogP contribution in [0.4, 0.5) is 5.82 Å². The largest absolute Gasteiger partial charge is 0.493 e. The number of ether oxygens (including phenoxy) is 3. The molecule has 0 bridgehead atoms. The third-order valence-electron chi connectivity index (χ3n) is 7.29. The van der Waals surface area contributed by atoms with E-state index in [9.17, 15) is 19.5 Å². The average molecular weight is 574 g/mol. The summed E-state index contributed by atoms with van der Waals surface area (Å²) < 4.78 is 18.1. The molecule has 0 saturated carbocycles. The molecule has 1 aromatic carbocycles. The van der Waals surface area contributed by atoms with Gasteiger partial charge in [0.25, 0.3) is 11.5 Å². The van der Waals surface area contributed by atoms with Crippen LogP contribution in [-0.2, 0) is 6.42 Å². The zero-order valence-corrected chi connectivity index (χ0v) is 23.7. The number of anilines is 1. The number of aliphatic hydroxyl groups is 1. The number of carbonyl (C=O) groups is 2. The number of Topliss-reactive ketones (excluding diaryl/α,β-unsaturated/α-hetero) is 1. The first kappa shape index (κ1) is 28.7. The number of methoxy groups -OCH3 is 2. The van der Waals surface area contributed by atoms with Crippen molar-refractivity contribution >= 4 is 28.4 Å². The Bertz CT molecular complexity index is 1720. The molecule has 3 heterocycles. The van der Waals surface area contributed by atoms with Crippen LogP contribution >= 0.6 is 0 Å². The van der Waals surface area contributed by atoms with Gasteiger partial charge in [-0.1, -0.05) is 13.8 Å². The molecule has 0 unspecified atom stereocenters.